The number of likely N-dealkylation sites (tertiary alicyclic amines) is 1. The van der Waals surface area contributed by atoms with Crippen LogP contribution in [0.5, 0.6) is 0 Å². The molecule has 1 saturated heterocycles. The van der Waals surface area contributed by atoms with Crippen molar-refractivity contribution in [1.82, 2.24) is 20.0 Å². The molecule has 0 radical (unpaired) electrons. The molecule has 1 aliphatic heterocycles. The molecule has 3 heterocycles. The first kappa shape index (κ1) is 16.3. The van der Waals surface area contributed by atoms with Crippen LogP contribution in [0.25, 0.3) is 0 Å². The fourth-order valence-corrected chi connectivity index (χ4v) is 3.36. The van der Waals surface area contributed by atoms with Gasteiger partial charge in [-0.2, -0.15) is 4.98 Å². The molecule has 7 nitrogen and oxygen atoms in total. The summed E-state index contributed by atoms with van der Waals surface area (Å²) in [4.78, 5) is 13.3. The van der Waals surface area contributed by atoms with E-state index in [0.717, 1.165) is 43.3 Å². The molecule has 25 heavy (non-hydrogen) atoms. The van der Waals surface area contributed by atoms with Crippen molar-refractivity contribution in [3.63, 3.8) is 0 Å². The van der Waals surface area contributed by atoms with Crippen molar-refractivity contribution in [3.05, 3.63) is 29.8 Å². The van der Waals surface area contributed by atoms with Gasteiger partial charge in [0, 0.05) is 51.4 Å². The lowest BCUT2D eigenvalue weighted by molar-refractivity contribution is 0.202. The maximum atomic E-state index is 5.47. The quantitative estimate of drug-likeness (QED) is 0.865. The van der Waals surface area contributed by atoms with E-state index < -0.39 is 0 Å². The van der Waals surface area contributed by atoms with Crippen LogP contribution < -0.4 is 10.2 Å². The third-order valence-corrected chi connectivity index (χ3v) is 4.88. The average molecular weight is 342 g/mol. The minimum atomic E-state index is 0.362. The van der Waals surface area contributed by atoms with E-state index >= 15 is 0 Å². The van der Waals surface area contributed by atoms with E-state index in [1.54, 1.807) is 6.20 Å². The van der Waals surface area contributed by atoms with Gasteiger partial charge in [0.1, 0.15) is 11.6 Å². The fraction of sp³-hybridized carbons (Fsp3) is 0.611. The highest BCUT2D eigenvalue weighted by atomic mass is 16.5. The van der Waals surface area contributed by atoms with Crippen LogP contribution in [-0.2, 0) is 6.54 Å². The Kier molecular flexibility index (Phi) is 4.57. The molecule has 7 heteroatoms. The van der Waals surface area contributed by atoms with Crippen LogP contribution in [-0.4, -0.2) is 53.3 Å². The number of piperidine rings is 1. The van der Waals surface area contributed by atoms with Gasteiger partial charge >= 0.3 is 0 Å². The van der Waals surface area contributed by atoms with E-state index in [1.165, 1.54) is 19.3 Å². The third kappa shape index (κ3) is 4.10. The molecule has 1 aliphatic carbocycles. The van der Waals surface area contributed by atoms with E-state index in [1.807, 2.05) is 25.1 Å². The first-order chi connectivity index (χ1) is 12.2. The fourth-order valence-electron chi connectivity index (χ4n) is 3.36. The lowest BCUT2D eigenvalue weighted by atomic mass is 10.1. The molecule has 2 fully saturated rings. The molecule has 2 aliphatic rings. The zero-order valence-electron chi connectivity index (χ0n) is 15.0. The molecule has 2 aromatic rings. The van der Waals surface area contributed by atoms with Crippen LogP contribution >= 0.6 is 0 Å². The maximum absolute atomic E-state index is 5.47. The van der Waals surface area contributed by atoms with Crippen molar-refractivity contribution in [2.24, 2.45) is 0 Å². The van der Waals surface area contributed by atoms with Crippen LogP contribution in [0.4, 0.5) is 11.8 Å². The molecule has 2 aromatic heterocycles. The zero-order chi connectivity index (χ0) is 17.2. The highest BCUT2D eigenvalue weighted by Crippen LogP contribution is 2.40. The molecular formula is C18H26N6O. The van der Waals surface area contributed by atoms with Gasteiger partial charge in [-0.3, -0.25) is 4.90 Å². The number of hydrogen-bond acceptors (Lipinski definition) is 7. The molecule has 1 unspecified atom stereocenters. The third-order valence-electron chi connectivity index (χ3n) is 4.88. The number of nitrogens with zero attached hydrogens (tertiary/aromatic N) is 5. The Bertz CT molecular complexity index is 711. The van der Waals surface area contributed by atoms with Crippen molar-refractivity contribution < 1.29 is 4.52 Å². The smallest absolute Gasteiger partial charge is 0.224 e. The highest BCUT2D eigenvalue weighted by molar-refractivity contribution is 5.41. The predicted molar refractivity (Wildman–Crippen MR) is 96.8 cm³/mol. The van der Waals surface area contributed by atoms with Gasteiger partial charge < -0.3 is 14.7 Å². The summed E-state index contributed by atoms with van der Waals surface area (Å²) in [6, 6.07) is 4.42. The summed E-state index contributed by atoms with van der Waals surface area (Å²) in [6.45, 7) is 2.93. The molecule has 1 atom stereocenters. The number of nitrogens with one attached hydrogen (secondary N) is 1. The van der Waals surface area contributed by atoms with Gasteiger partial charge in [-0.05, 0) is 38.3 Å². The Labute approximate surface area is 148 Å². The lowest BCUT2D eigenvalue weighted by Crippen LogP contribution is -2.42. The number of anilines is 2. The number of rotatable bonds is 6. The average Bonchev–Trinajstić information content (AvgIpc) is 3.35. The Morgan fingerprint density at radius 1 is 1.32 bits per heavy atom. The van der Waals surface area contributed by atoms with Gasteiger partial charge in [0.25, 0.3) is 0 Å². The van der Waals surface area contributed by atoms with Crippen molar-refractivity contribution >= 4 is 11.8 Å². The van der Waals surface area contributed by atoms with Gasteiger partial charge in [-0.1, -0.05) is 5.16 Å². The monoisotopic (exact) mass is 342 g/mol. The largest absolute Gasteiger partial charge is 0.363 e. The SMILES string of the molecule is CN(C)c1ccnc(NC2CCCN(Cc3cc(C4CC4)on3)C2)n1. The molecule has 0 spiro atoms. The molecule has 134 valence electrons. The predicted octanol–water partition coefficient (Wildman–Crippen LogP) is 2.48. The van der Waals surface area contributed by atoms with Crippen molar-refractivity contribution in [2.45, 2.75) is 44.2 Å². The highest BCUT2D eigenvalue weighted by Gasteiger charge is 2.28. The number of hydrogen-bond donors (Lipinski definition) is 1. The van der Waals surface area contributed by atoms with Gasteiger partial charge in [-0.15, -0.1) is 0 Å². The number of aromatic nitrogens is 3. The topological polar surface area (TPSA) is 70.3 Å². The van der Waals surface area contributed by atoms with Gasteiger partial charge in [0.05, 0.1) is 5.69 Å². The van der Waals surface area contributed by atoms with Crippen LogP contribution in [0, 0.1) is 0 Å². The van der Waals surface area contributed by atoms with E-state index in [-0.39, 0.29) is 0 Å². The van der Waals surface area contributed by atoms with E-state index in [2.05, 4.69) is 31.4 Å². The molecule has 1 saturated carbocycles. The second-order valence-corrected chi connectivity index (χ2v) is 7.35. The summed E-state index contributed by atoms with van der Waals surface area (Å²) >= 11 is 0. The Hall–Kier alpha value is -2.15. The first-order valence-electron chi connectivity index (χ1n) is 9.12. The second kappa shape index (κ2) is 7.00. The summed E-state index contributed by atoms with van der Waals surface area (Å²) in [7, 11) is 3.98. The van der Waals surface area contributed by atoms with Crippen molar-refractivity contribution in [3.8, 4) is 0 Å². The Balaban J connectivity index is 1.34. The van der Waals surface area contributed by atoms with Crippen LogP contribution in [0.15, 0.2) is 22.9 Å². The van der Waals surface area contributed by atoms with E-state index in [0.29, 0.717) is 17.9 Å². The van der Waals surface area contributed by atoms with Gasteiger partial charge in [0.15, 0.2) is 0 Å². The van der Waals surface area contributed by atoms with Gasteiger partial charge in [0.2, 0.25) is 5.95 Å². The summed E-state index contributed by atoms with van der Waals surface area (Å²) in [5.41, 5.74) is 1.05. The molecule has 1 N–H and O–H groups in total. The van der Waals surface area contributed by atoms with E-state index in [4.69, 9.17) is 4.52 Å². The molecule has 0 bridgehead atoms. The standard InChI is InChI=1S/C18H26N6O/c1-23(2)17-7-8-19-18(21-17)20-14-4-3-9-24(11-14)12-15-10-16(25-22-15)13-5-6-13/h7-8,10,13-14H,3-6,9,11-12H2,1-2H3,(H,19,20,21). The maximum Gasteiger partial charge on any atom is 0.224 e. The summed E-state index contributed by atoms with van der Waals surface area (Å²) in [5.74, 6) is 3.31. The second-order valence-electron chi connectivity index (χ2n) is 7.35. The molecule has 0 amide bonds. The summed E-state index contributed by atoms with van der Waals surface area (Å²) < 4.78 is 5.47. The van der Waals surface area contributed by atoms with Crippen LogP contribution in [0.3, 0.4) is 0 Å². The zero-order valence-corrected chi connectivity index (χ0v) is 15.0. The summed E-state index contributed by atoms with van der Waals surface area (Å²) in [5, 5.41) is 7.74. The van der Waals surface area contributed by atoms with Gasteiger partial charge in [-0.25, -0.2) is 4.98 Å². The minimum Gasteiger partial charge on any atom is -0.363 e. The van der Waals surface area contributed by atoms with Crippen LogP contribution in [0.1, 0.15) is 43.1 Å². The molecular weight excluding hydrogens is 316 g/mol. The normalized spacial score (nSPS) is 21.3. The summed E-state index contributed by atoms with van der Waals surface area (Å²) in [6.07, 6.45) is 6.60. The lowest BCUT2D eigenvalue weighted by Gasteiger charge is -2.32. The van der Waals surface area contributed by atoms with Crippen LogP contribution in [0.2, 0.25) is 0 Å². The molecule has 0 aromatic carbocycles. The Morgan fingerprint density at radius 2 is 2.20 bits per heavy atom. The minimum absolute atomic E-state index is 0.362. The first-order valence-corrected chi connectivity index (χ1v) is 9.12. The van der Waals surface area contributed by atoms with E-state index in [9.17, 15) is 0 Å². The van der Waals surface area contributed by atoms with Crippen molar-refractivity contribution in [1.29, 1.82) is 0 Å². The molecule has 4 rings (SSSR count). The Morgan fingerprint density at radius 3 is 3.00 bits per heavy atom. The van der Waals surface area contributed by atoms with Crippen molar-refractivity contribution in [2.75, 3.05) is 37.4 Å².